The molecule has 0 aromatic heterocycles. The SMILES string of the molecule is C=C1C=CC(=C2CC=C(C)CC2)C(C(=C)C)CC1. The minimum absolute atomic E-state index is 0.530. The first kappa shape index (κ1) is 13.1. The van der Waals surface area contributed by atoms with Gasteiger partial charge in [0.2, 0.25) is 0 Å². The van der Waals surface area contributed by atoms with Crippen molar-refractivity contribution in [3.05, 3.63) is 59.3 Å². The molecule has 0 saturated heterocycles. The van der Waals surface area contributed by atoms with E-state index in [1.807, 2.05) is 0 Å². The number of allylic oxidation sites excluding steroid dienone is 8. The molecule has 0 aromatic carbocycles. The lowest BCUT2D eigenvalue weighted by Gasteiger charge is -2.23. The van der Waals surface area contributed by atoms with Crippen molar-refractivity contribution < 1.29 is 0 Å². The van der Waals surface area contributed by atoms with E-state index in [9.17, 15) is 0 Å². The minimum Gasteiger partial charge on any atom is -0.0995 e. The molecule has 0 fully saturated rings. The molecule has 0 radical (unpaired) electrons. The fourth-order valence-electron chi connectivity index (χ4n) is 2.88. The van der Waals surface area contributed by atoms with Crippen LogP contribution in [0.15, 0.2) is 59.3 Å². The second kappa shape index (κ2) is 5.56. The van der Waals surface area contributed by atoms with Crippen LogP contribution >= 0.6 is 0 Å². The van der Waals surface area contributed by atoms with Gasteiger partial charge in [0.1, 0.15) is 0 Å². The monoisotopic (exact) mass is 240 g/mol. The molecule has 0 amide bonds. The molecule has 0 aliphatic heterocycles. The Morgan fingerprint density at radius 3 is 2.61 bits per heavy atom. The average molecular weight is 240 g/mol. The molecular formula is C18H24. The third-order valence-electron chi connectivity index (χ3n) is 4.15. The van der Waals surface area contributed by atoms with Gasteiger partial charge in [0.05, 0.1) is 0 Å². The highest BCUT2D eigenvalue weighted by molar-refractivity contribution is 5.40. The molecule has 0 heterocycles. The summed E-state index contributed by atoms with van der Waals surface area (Å²) >= 11 is 0. The van der Waals surface area contributed by atoms with Crippen molar-refractivity contribution in [2.45, 2.75) is 46.0 Å². The lowest BCUT2D eigenvalue weighted by molar-refractivity contribution is 0.647. The molecule has 0 heteroatoms. The first-order valence-corrected chi connectivity index (χ1v) is 6.96. The fourth-order valence-corrected chi connectivity index (χ4v) is 2.88. The Hall–Kier alpha value is -1.30. The lowest BCUT2D eigenvalue weighted by atomic mass is 9.82. The minimum atomic E-state index is 0.530. The Bertz CT molecular complexity index is 454. The van der Waals surface area contributed by atoms with E-state index >= 15 is 0 Å². The van der Waals surface area contributed by atoms with Crippen LogP contribution in [-0.4, -0.2) is 0 Å². The Morgan fingerprint density at radius 1 is 1.22 bits per heavy atom. The van der Waals surface area contributed by atoms with Crippen molar-refractivity contribution in [3.8, 4) is 0 Å². The van der Waals surface area contributed by atoms with Crippen LogP contribution in [0.1, 0.15) is 46.0 Å². The predicted molar refractivity (Wildman–Crippen MR) is 80.5 cm³/mol. The summed E-state index contributed by atoms with van der Waals surface area (Å²) in [6, 6.07) is 0. The molecule has 0 bridgehead atoms. The third kappa shape index (κ3) is 2.93. The molecule has 1 unspecified atom stereocenters. The first-order valence-electron chi connectivity index (χ1n) is 6.96. The van der Waals surface area contributed by atoms with Gasteiger partial charge in [-0.25, -0.2) is 0 Å². The zero-order valence-electron chi connectivity index (χ0n) is 11.8. The van der Waals surface area contributed by atoms with E-state index in [1.54, 1.807) is 5.57 Å². The standard InChI is InChI=1S/C18H24/c1-13(2)17-11-7-15(4)8-12-18(17)16-9-5-14(3)6-10-16/h5,8,12,17H,1,4,6-7,9-11H2,2-3H3. The molecule has 0 aromatic rings. The van der Waals surface area contributed by atoms with Crippen LogP contribution in [-0.2, 0) is 0 Å². The predicted octanol–water partition coefficient (Wildman–Crippen LogP) is 5.51. The highest BCUT2D eigenvalue weighted by Crippen LogP contribution is 2.36. The van der Waals surface area contributed by atoms with Crippen LogP contribution < -0.4 is 0 Å². The molecule has 96 valence electrons. The van der Waals surface area contributed by atoms with Crippen molar-refractivity contribution in [1.82, 2.24) is 0 Å². The summed E-state index contributed by atoms with van der Waals surface area (Å²) < 4.78 is 0. The van der Waals surface area contributed by atoms with Crippen molar-refractivity contribution in [2.24, 2.45) is 5.92 Å². The van der Waals surface area contributed by atoms with Crippen LogP contribution in [0.25, 0.3) is 0 Å². The van der Waals surface area contributed by atoms with Gasteiger partial charge in [-0.1, -0.05) is 53.7 Å². The molecule has 0 nitrogen and oxygen atoms in total. The average Bonchev–Trinajstić information content (AvgIpc) is 2.52. The molecule has 2 rings (SSSR count). The van der Waals surface area contributed by atoms with Gasteiger partial charge in [0.15, 0.2) is 0 Å². The topological polar surface area (TPSA) is 0 Å². The maximum Gasteiger partial charge on any atom is 0.00455 e. The van der Waals surface area contributed by atoms with Crippen LogP contribution in [0.5, 0.6) is 0 Å². The van der Waals surface area contributed by atoms with Crippen molar-refractivity contribution in [2.75, 3.05) is 0 Å². The van der Waals surface area contributed by atoms with Gasteiger partial charge in [0, 0.05) is 5.92 Å². The van der Waals surface area contributed by atoms with Crippen LogP contribution in [0.2, 0.25) is 0 Å². The van der Waals surface area contributed by atoms with Gasteiger partial charge in [-0.05, 0) is 51.5 Å². The molecule has 2 aliphatic rings. The van der Waals surface area contributed by atoms with E-state index in [2.05, 4.69) is 45.2 Å². The van der Waals surface area contributed by atoms with E-state index in [4.69, 9.17) is 0 Å². The summed E-state index contributed by atoms with van der Waals surface area (Å²) in [6.07, 6.45) is 12.7. The van der Waals surface area contributed by atoms with Gasteiger partial charge in [-0.3, -0.25) is 0 Å². The smallest absolute Gasteiger partial charge is 0.00455 e. The van der Waals surface area contributed by atoms with E-state index < -0.39 is 0 Å². The number of hydrogen-bond donors (Lipinski definition) is 0. The molecule has 0 N–H and O–H groups in total. The second-order valence-electron chi connectivity index (χ2n) is 5.74. The zero-order chi connectivity index (χ0) is 13.1. The van der Waals surface area contributed by atoms with Gasteiger partial charge in [0.25, 0.3) is 0 Å². The second-order valence-corrected chi connectivity index (χ2v) is 5.74. The highest BCUT2D eigenvalue weighted by atomic mass is 14.2. The van der Waals surface area contributed by atoms with Gasteiger partial charge < -0.3 is 0 Å². The molecule has 18 heavy (non-hydrogen) atoms. The van der Waals surface area contributed by atoms with Crippen LogP contribution in [0, 0.1) is 5.92 Å². The summed E-state index contributed by atoms with van der Waals surface area (Å²) in [5, 5.41) is 0. The van der Waals surface area contributed by atoms with E-state index in [1.165, 1.54) is 41.6 Å². The van der Waals surface area contributed by atoms with Crippen LogP contribution in [0.4, 0.5) is 0 Å². The van der Waals surface area contributed by atoms with Crippen LogP contribution in [0.3, 0.4) is 0 Å². The van der Waals surface area contributed by atoms with E-state index in [0.717, 1.165) is 12.8 Å². The van der Waals surface area contributed by atoms with Crippen molar-refractivity contribution in [1.29, 1.82) is 0 Å². The maximum atomic E-state index is 4.19. The Balaban J connectivity index is 2.36. The molecule has 2 aliphatic carbocycles. The summed E-state index contributed by atoms with van der Waals surface area (Å²) in [5.41, 5.74) is 7.21. The molecule has 0 spiro atoms. The Labute approximate surface area is 111 Å². The summed E-state index contributed by atoms with van der Waals surface area (Å²) in [7, 11) is 0. The molecular weight excluding hydrogens is 216 g/mol. The lowest BCUT2D eigenvalue weighted by Crippen LogP contribution is -2.07. The van der Waals surface area contributed by atoms with E-state index in [0.29, 0.717) is 5.92 Å². The first-order chi connectivity index (χ1) is 8.58. The normalized spacial score (nSPS) is 28.9. The summed E-state index contributed by atoms with van der Waals surface area (Å²) in [5.74, 6) is 0.530. The van der Waals surface area contributed by atoms with Crippen molar-refractivity contribution >= 4 is 0 Å². The maximum absolute atomic E-state index is 4.19. The fraction of sp³-hybridized carbons (Fsp3) is 0.444. The Morgan fingerprint density at radius 2 is 2.00 bits per heavy atom. The number of hydrogen-bond acceptors (Lipinski definition) is 0. The summed E-state index contributed by atoms with van der Waals surface area (Å²) in [4.78, 5) is 0. The number of rotatable bonds is 1. The largest absolute Gasteiger partial charge is 0.0995 e. The van der Waals surface area contributed by atoms with Gasteiger partial charge in [-0.2, -0.15) is 0 Å². The van der Waals surface area contributed by atoms with Crippen molar-refractivity contribution in [3.63, 3.8) is 0 Å². The zero-order valence-corrected chi connectivity index (χ0v) is 11.8. The molecule has 0 saturated carbocycles. The Kier molecular flexibility index (Phi) is 4.06. The van der Waals surface area contributed by atoms with E-state index in [-0.39, 0.29) is 0 Å². The highest BCUT2D eigenvalue weighted by Gasteiger charge is 2.20. The summed E-state index contributed by atoms with van der Waals surface area (Å²) in [6.45, 7) is 12.7. The third-order valence-corrected chi connectivity index (χ3v) is 4.15. The van der Waals surface area contributed by atoms with Gasteiger partial charge >= 0.3 is 0 Å². The van der Waals surface area contributed by atoms with Gasteiger partial charge in [-0.15, -0.1) is 0 Å². The molecule has 1 atom stereocenters. The quantitative estimate of drug-likeness (QED) is 0.530.